The molecule has 1 saturated heterocycles. The van der Waals surface area contributed by atoms with Gasteiger partial charge in [-0.1, -0.05) is 13.0 Å². The highest BCUT2D eigenvalue weighted by molar-refractivity contribution is 7.97. The van der Waals surface area contributed by atoms with Gasteiger partial charge in [-0.2, -0.15) is 0 Å². The maximum atomic E-state index is 13.6. The number of hydrogen-bond acceptors (Lipinski definition) is 8. The van der Waals surface area contributed by atoms with Gasteiger partial charge in [0.2, 0.25) is 5.88 Å². The van der Waals surface area contributed by atoms with Gasteiger partial charge in [0, 0.05) is 42.8 Å². The fourth-order valence-electron chi connectivity index (χ4n) is 8.54. The van der Waals surface area contributed by atoms with Gasteiger partial charge in [0.1, 0.15) is 16.7 Å². The van der Waals surface area contributed by atoms with Crippen LogP contribution < -0.4 is 19.7 Å². The Morgan fingerprint density at radius 1 is 1.07 bits per heavy atom. The van der Waals surface area contributed by atoms with Crippen LogP contribution in [0.4, 0.5) is 11.6 Å². The monoisotopic (exact) mass is 599 g/mol. The summed E-state index contributed by atoms with van der Waals surface area (Å²) in [5.41, 5.74) is 1.81. The van der Waals surface area contributed by atoms with Crippen LogP contribution in [0.3, 0.4) is 0 Å². The van der Waals surface area contributed by atoms with Gasteiger partial charge in [0.25, 0.3) is 5.91 Å². The van der Waals surface area contributed by atoms with Crippen molar-refractivity contribution < 1.29 is 9.53 Å². The third kappa shape index (κ3) is 4.67. The fraction of sp³-hybridized carbons (Fsp3) is 0.576. The van der Waals surface area contributed by atoms with Gasteiger partial charge in [0.15, 0.2) is 5.82 Å². The van der Waals surface area contributed by atoms with Crippen LogP contribution in [-0.4, -0.2) is 50.9 Å². The molecule has 8 rings (SSSR count). The Morgan fingerprint density at radius 3 is 2.67 bits per heavy atom. The van der Waals surface area contributed by atoms with Crippen LogP contribution in [0.1, 0.15) is 76.1 Å². The fourth-order valence-corrected chi connectivity index (χ4v) is 9.13. The van der Waals surface area contributed by atoms with Gasteiger partial charge in [-0.25, -0.2) is 14.6 Å². The molecule has 0 aromatic carbocycles. The molecule has 1 unspecified atom stereocenters. The van der Waals surface area contributed by atoms with E-state index in [0.29, 0.717) is 45.7 Å². The molecule has 3 aromatic rings. The molecule has 3 aromatic heterocycles. The molecule has 5 heterocycles. The molecule has 2 spiro atoms. The van der Waals surface area contributed by atoms with Crippen LogP contribution in [0.5, 0.6) is 5.88 Å². The number of carbonyl (C=O) groups is 1. The van der Waals surface area contributed by atoms with Crippen molar-refractivity contribution in [3.8, 4) is 11.7 Å². The van der Waals surface area contributed by atoms with E-state index in [4.69, 9.17) is 14.8 Å². The van der Waals surface area contributed by atoms with Crippen LogP contribution in [0.25, 0.3) is 5.82 Å². The number of fused-ring (bicyclic) bond motifs is 7. The van der Waals surface area contributed by atoms with Gasteiger partial charge >= 0.3 is 0 Å². The van der Waals surface area contributed by atoms with E-state index in [1.165, 1.54) is 37.6 Å². The lowest BCUT2D eigenvalue weighted by molar-refractivity contribution is 0.0984. The van der Waals surface area contributed by atoms with Crippen LogP contribution in [0.2, 0.25) is 0 Å². The minimum atomic E-state index is -0.187. The van der Waals surface area contributed by atoms with Crippen molar-refractivity contribution in [3.63, 3.8) is 0 Å². The summed E-state index contributed by atoms with van der Waals surface area (Å²) >= 11 is 1.23. The predicted octanol–water partition coefficient (Wildman–Crippen LogP) is 6.12. The van der Waals surface area contributed by atoms with E-state index in [-0.39, 0.29) is 11.4 Å². The molecule has 3 saturated carbocycles. The summed E-state index contributed by atoms with van der Waals surface area (Å²) in [5, 5.41) is 8.93. The molecule has 2 N–H and O–H groups in total. The Labute approximate surface area is 257 Å². The Bertz CT molecular complexity index is 1540. The first-order valence-electron chi connectivity index (χ1n) is 15.9. The third-order valence-corrected chi connectivity index (χ3v) is 12.0. The molecule has 5 aliphatic rings. The summed E-state index contributed by atoms with van der Waals surface area (Å²) in [7, 11) is 0. The number of anilines is 2. The van der Waals surface area contributed by atoms with Crippen molar-refractivity contribution in [1.82, 2.24) is 24.5 Å². The van der Waals surface area contributed by atoms with E-state index >= 15 is 0 Å². The Hall–Kier alpha value is -3.27. The van der Waals surface area contributed by atoms with Crippen LogP contribution in [-0.2, 0) is 0 Å². The van der Waals surface area contributed by atoms with Gasteiger partial charge in [-0.15, -0.1) is 5.10 Å². The SMILES string of the molecule is C[C@H]1CCNc2cccc(n2)SNC(=O)c2ccc(-n3ccc(OCCC4C5(CC5)C45CC5)n3)nc2N2CC1CC2(C)C. The number of nitrogens with one attached hydrogen (secondary N) is 2. The smallest absolute Gasteiger partial charge is 0.265 e. The average Bonchev–Trinajstić information content (AvgIpc) is 3.95. The van der Waals surface area contributed by atoms with Crippen molar-refractivity contribution >= 4 is 29.5 Å². The Balaban J connectivity index is 1.05. The molecular weight excluding hydrogens is 558 g/mol. The number of carbonyl (C=O) groups excluding carboxylic acids is 1. The van der Waals surface area contributed by atoms with Crippen molar-refractivity contribution in [2.75, 3.05) is 29.9 Å². The number of hydrogen-bond donors (Lipinski definition) is 2. The van der Waals surface area contributed by atoms with E-state index in [1.54, 1.807) is 4.68 Å². The molecule has 1 amide bonds. The summed E-state index contributed by atoms with van der Waals surface area (Å²) in [4.78, 5) is 25.7. The lowest BCUT2D eigenvalue weighted by atomic mass is 9.86. The van der Waals surface area contributed by atoms with E-state index < -0.39 is 0 Å². The third-order valence-electron chi connectivity index (χ3n) is 11.2. The molecule has 226 valence electrons. The molecular formula is C33H41N7O2S. The van der Waals surface area contributed by atoms with E-state index in [0.717, 1.165) is 55.7 Å². The topological polar surface area (TPSA) is 97.2 Å². The summed E-state index contributed by atoms with van der Waals surface area (Å²) in [6.07, 6.45) is 10.8. The zero-order chi connectivity index (χ0) is 29.4. The van der Waals surface area contributed by atoms with Gasteiger partial charge in [-0.05, 0) is 112 Å². The van der Waals surface area contributed by atoms with Crippen LogP contribution >= 0.6 is 11.9 Å². The summed E-state index contributed by atoms with van der Waals surface area (Å²) < 4.78 is 10.9. The van der Waals surface area contributed by atoms with E-state index in [2.05, 4.69) is 40.7 Å². The second kappa shape index (κ2) is 9.87. The zero-order valence-corrected chi connectivity index (χ0v) is 26.1. The van der Waals surface area contributed by atoms with Crippen molar-refractivity contribution in [3.05, 3.63) is 48.2 Å². The molecule has 9 nitrogen and oxygen atoms in total. The largest absolute Gasteiger partial charge is 0.477 e. The number of aromatic nitrogens is 4. The summed E-state index contributed by atoms with van der Waals surface area (Å²) in [6.45, 7) is 9.29. The molecule has 2 aliphatic heterocycles. The van der Waals surface area contributed by atoms with E-state index in [1.807, 2.05) is 42.6 Å². The van der Waals surface area contributed by atoms with Crippen molar-refractivity contribution in [2.45, 2.75) is 76.3 Å². The first kappa shape index (κ1) is 27.3. The number of nitrogens with zero attached hydrogens (tertiary/aromatic N) is 5. The highest BCUT2D eigenvalue weighted by atomic mass is 32.2. The first-order chi connectivity index (χ1) is 20.8. The number of ether oxygens (including phenoxy) is 1. The summed E-state index contributed by atoms with van der Waals surface area (Å²) in [6, 6.07) is 11.5. The number of pyridine rings is 2. The number of amides is 1. The zero-order valence-electron chi connectivity index (χ0n) is 25.3. The lowest BCUT2D eigenvalue weighted by Crippen LogP contribution is -2.40. The second-order valence-corrected chi connectivity index (χ2v) is 14.9. The second-order valence-electron chi connectivity index (χ2n) is 14.1. The molecule has 43 heavy (non-hydrogen) atoms. The predicted molar refractivity (Wildman–Crippen MR) is 168 cm³/mol. The van der Waals surface area contributed by atoms with Crippen molar-refractivity contribution in [2.24, 2.45) is 28.6 Å². The first-order valence-corrected chi connectivity index (χ1v) is 16.8. The highest BCUT2D eigenvalue weighted by Gasteiger charge is 2.85. The summed E-state index contributed by atoms with van der Waals surface area (Å²) in [5.74, 6) is 4.50. The molecule has 0 radical (unpaired) electrons. The standard InChI is InChI=1S/C33H41N7O2S/c1-21-9-16-34-25-5-4-6-28(35-25)43-38-30(41)23-7-8-26(36-29(23)39-20-22(21)19-31(39,2)3)40-17-10-27(37-40)42-18-11-24-32(12-13-32)33(24)14-15-33/h4-8,10,17,21-22,24H,9,11-16,18-20H2,1-3H3,(H,34,35)(H,38,41)/t21-,22?/m0/s1. The Kier molecular flexibility index (Phi) is 6.27. The van der Waals surface area contributed by atoms with Crippen LogP contribution in [0.15, 0.2) is 47.6 Å². The number of rotatable bonds is 5. The average molecular weight is 600 g/mol. The van der Waals surface area contributed by atoms with Gasteiger partial charge in [-0.3, -0.25) is 9.52 Å². The minimum Gasteiger partial charge on any atom is -0.477 e. The maximum Gasteiger partial charge on any atom is 0.265 e. The highest BCUT2D eigenvalue weighted by Crippen LogP contribution is 2.93. The van der Waals surface area contributed by atoms with Crippen LogP contribution in [0, 0.1) is 28.6 Å². The normalized spacial score (nSPS) is 26.2. The molecule has 4 bridgehead atoms. The van der Waals surface area contributed by atoms with Crippen molar-refractivity contribution in [1.29, 1.82) is 0 Å². The van der Waals surface area contributed by atoms with Gasteiger partial charge in [0.05, 0.1) is 12.2 Å². The minimum absolute atomic E-state index is 0.151. The maximum absolute atomic E-state index is 13.6. The molecule has 3 aliphatic carbocycles. The van der Waals surface area contributed by atoms with E-state index in [9.17, 15) is 4.79 Å². The van der Waals surface area contributed by atoms with Gasteiger partial charge < -0.3 is 15.0 Å². The molecule has 4 fully saturated rings. The quantitative estimate of drug-likeness (QED) is 0.339. The molecule has 2 atom stereocenters. The molecule has 10 heteroatoms. The Morgan fingerprint density at radius 2 is 1.88 bits per heavy atom. The lowest BCUT2D eigenvalue weighted by Gasteiger charge is -2.34.